The summed E-state index contributed by atoms with van der Waals surface area (Å²) in [6.45, 7) is 3.79. The van der Waals surface area contributed by atoms with Crippen LogP contribution in [0.4, 0.5) is 5.69 Å². The molecule has 0 fully saturated rings. The zero-order valence-electron chi connectivity index (χ0n) is 15.8. The number of rotatable bonds is 5. The molecule has 0 saturated carbocycles. The van der Waals surface area contributed by atoms with Crippen molar-refractivity contribution in [1.29, 1.82) is 5.26 Å². The van der Waals surface area contributed by atoms with E-state index in [1.54, 1.807) is 31.4 Å². The van der Waals surface area contributed by atoms with Gasteiger partial charge in [0.25, 0.3) is 5.91 Å². The standard InChI is InChI=1S/C22H19N3O2S/c1-14-11-15(2)24-22(18(14)13-23)28-20-10-5-4-9-19(20)25-21(26)16-7-6-8-17(12-16)27-3/h4-12H,1-3H3,(H,25,26). The van der Waals surface area contributed by atoms with Crippen molar-refractivity contribution in [3.8, 4) is 11.8 Å². The minimum Gasteiger partial charge on any atom is -0.497 e. The SMILES string of the molecule is COc1cccc(C(=O)Nc2ccccc2Sc2nc(C)cc(C)c2C#N)c1. The van der Waals surface area contributed by atoms with Crippen molar-refractivity contribution >= 4 is 23.4 Å². The van der Waals surface area contributed by atoms with Gasteiger partial charge in [0.2, 0.25) is 0 Å². The molecule has 0 saturated heterocycles. The fourth-order valence-corrected chi connectivity index (χ4v) is 3.82. The predicted molar refractivity (Wildman–Crippen MR) is 110 cm³/mol. The zero-order valence-corrected chi connectivity index (χ0v) is 16.6. The first-order valence-corrected chi connectivity index (χ1v) is 9.44. The number of carbonyl (C=O) groups is 1. The number of nitrogens with one attached hydrogen (secondary N) is 1. The average molecular weight is 389 g/mol. The van der Waals surface area contributed by atoms with E-state index >= 15 is 0 Å². The Balaban J connectivity index is 1.90. The van der Waals surface area contributed by atoms with E-state index in [-0.39, 0.29) is 5.91 Å². The topological polar surface area (TPSA) is 75.0 Å². The molecule has 1 heterocycles. The van der Waals surface area contributed by atoms with E-state index in [0.29, 0.717) is 27.6 Å². The molecule has 28 heavy (non-hydrogen) atoms. The van der Waals surface area contributed by atoms with E-state index in [4.69, 9.17) is 4.74 Å². The molecular formula is C22H19N3O2S. The molecule has 0 unspecified atom stereocenters. The van der Waals surface area contributed by atoms with Gasteiger partial charge in [0.15, 0.2) is 0 Å². The van der Waals surface area contributed by atoms with Crippen LogP contribution in [0.1, 0.15) is 27.2 Å². The van der Waals surface area contributed by atoms with Gasteiger partial charge in [0.1, 0.15) is 16.8 Å². The van der Waals surface area contributed by atoms with Crippen LogP contribution in [0.25, 0.3) is 0 Å². The highest BCUT2D eigenvalue weighted by Gasteiger charge is 2.14. The van der Waals surface area contributed by atoms with Gasteiger partial charge in [-0.1, -0.05) is 30.0 Å². The Morgan fingerprint density at radius 1 is 1.14 bits per heavy atom. The molecule has 1 N–H and O–H groups in total. The van der Waals surface area contributed by atoms with Crippen LogP contribution in [0.3, 0.4) is 0 Å². The number of methoxy groups -OCH3 is 1. The van der Waals surface area contributed by atoms with Gasteiger partial charge < -0.3 is 10.1 Å². The van der Waals surface area contributed by atoms with Crippen LogP contribution in [0, 0.1) is 25.2 Å². The molecule has 1 amide bonds. The van der Waals surface area contributed by atoms with Crippen LogP contribution < -0.4 is 10.1 Å². The molecular weight excluding hydrogens is 370 g/mol. The molecule has 0 aliphatic carbocycles. The molecule has 3 aromatic rings. The summed E-state index contributed by atoms with van der Waals surface area (Å²) in [5.41, 5.74) is 3.43. The van der Waals surface area contributed by atoms with Crippen LogP contribution in [-0.2, 0) is 0 Å². The number of aryl methyl sites for hydroxylation is 2. The van der Waals surface area contributed by atoms with E-state index in [2.05, 4.69) is 16.4 Å². The maximum absolute atomic E-state index is 12.7. The zero-order chi connectivity index (χ0) is 20.1. The second kappa shape index (κ2) is 8.59. The maximum Gasteiger partial charge on any atom is 0.255 e. The van der Waals surface area contributed by atoms with Gasteiger partial charge in [-0.15, -0.1) is 0 Å². The summed E-state index contributed by atoms with van der Waals surface area (Å²) >= 11 is 1.37. The van der Waals surface area contributed by atoms with Gasteiger partial charge in [-0.2, -0.15) is 5.26 Å². The molecule has 140 valence electrons. The van der Waals surface area contributed by atoms with Gasteiger partial charge in [-0.3, -0.25) is 4.79 Å². The lowest BCUT2D eigenvalue weighted by Gasteiger charge is -2.12. The number of nitriles is 1. The number of nitrogens with zero attached hydrogens (tertiary/aromatic N) is 2. The molecule has 0 aliphatic rings. The Morgan fingerprint density at radius 3 is 2.68 bits per heavy atom. The molecule has 2 aromatic carbocycles. The molecule has 0 atom stereocenters. The number of hydrogen-bond donors (Lipinski definition) is 1. The van der Waals surface area contributed by atoms with Gasteiger partial charge in [0.05, 0.1) is 18.4 Å². The minimum atomic E-state index is -0.235. The highest BCUT2D eigenvalue weighted by atomic mass is 32.2. The molecule has 0 radical (unpaired) electrons. The summed E-state index contributed by atoms with van der Waals surface area (Å²) in [6, 6.07) is 18.5. The first kappa shape index (κ1) is 19.5. The first-order chi connectivity index (χ1) is 13.5. The Kier molecular flexibility index (Phi) is 5.97. The minimum absolute atomic E-state index is 0.235. The summed E-state index contributed by atoms with van der Waals surface area (Å²) in [5.74, 6) is 0.384. The van der Waals surface area contributed by atoms with Crippen LogP contribution >= 0.6 is 11.8 Å². The number of benzene rings is 2. The smallest absolute Gasteiger partial charge is 0.255 e. The number of carbonyl (C=O) groups excluding carboxylic acids is 1. The van der Waals surface area contributed by atoms with Crippen molar-refractivity contribution in [3.05, 3.63) is 77.0 Å². The van der Waals surface area contributed by atoms with Crippen molar-refractivity contribution in [2.45, 2.75) is 23.8 Å². The molecule has 1 aromatic heterocycles. The number of ether oxygens (including phenoxy) is 1. The lowest BCUT2D eigenvalue weighted by Crippen LogP contribution is -2.12. The third-order valence-corrected chi connectivity index (χ3v) is 5.16. The fraction of sp³-hybridized carbons (Fsp3) is 0.136. The highest BCUT2D eigenvalue weighted by Crippen LogP contribution is 2.35. The van der Waals surface area contributed by atoms with Gasteiger partial charge in [-0.05, 0) is 55.8 Å². The lowest BCUT2D eigenvalue weighted by molar-refractivity contribution is 0.102. The fourth-order valence-electron chi connectivity index (χ4n) is 2.73. The number of anilines is 1. The average Bonchev–Trinajstić information content (AvgIpc) is 2.69. The van der Waals surface area contributed by atoms with E-state index < -0.39 is 0 Å². The van der Waals surface area contributed by atoms with Crippen LogP contribution in [0.15, 0.2) is 64.5 Å². The summed E-state index contributed by atoms with van der Waals surface area (Å²) in [4.78, 5) is 18.0. The number of amides is 1. The molecule has 0 spiro atoms. The number of aromatic nitrogens is 1. The van der Waals surface area contributed by atoms with E-state index in [1.165, 1.54) is 11.8 Å². The van der Waals surface area contributed by atoms with Crippen LogP contribution in [0.5, 0.6) is 5.75 Å². The quantitative estimate of drug-likeness (QED) is 0.666. The van der Waals surface area contributed by atoms with Crippen molar-refractivity contribution in [2.24, 2.45) is 0 Å². The van der Waals surface area contributed by atoms with Gasteiger partial charge >= 0.3 is 0 Å². The Morgan fingerprint density at radius 2 is 1.93 bits per heavy atom. The highest BCUT2D eigenvalue weighted by molar-refractivity contribution is 7.99. The Hall–Kier alpha value is -3.30. The largest absolute Gasteiger partial charge is 0.497 e. The summed E-state index contributed by atoms with van der Waals surface area (Å²) in [6.07, 6.45) is 0. The number of pyridine rings is 1. The first-order valence-electron chi connectivity index (χ1n) is 8.62. The van der Waals surface area contributed by atoms with Gasteiger partial charge in [0, 0.05) is 16.2 Å². The summed E-state index contributed by atoms with van der Waals surface area (Å²) < 4.78 is 5.18. The van der Waals surface area contributed by atoms with E-state index in [0.717, 1.165) is 16.2 Å². The Bertz CT molecular complexity index is 1070. The van der Waals surface area contributed by atoms with E-state index in [9.17, 15) is 10.1 Å². The second-order valence-corrected chi connectivity index (χ2v) is 7.19. The Labute approximate surface area is 168 Å². The summed E-state index contributed by atoms with van der Waals surface area (Å²) in [7, 11) is 1.56. The van der Waals surface area contributed by atoms with Crippen LogP contribution in [-0.4, -0.2) is 18.0 Å². The summed E-state index contributed by atoms with van der Waals surface area (Å²) in [5, 5.41) is 13.1. The molecule has 0 bridgehead atoms. The molecule has 0 aliphatic heterocycles. The molecule has 3 rings (SSSR count). The lowest BCUT2D eigenvalue weighted by atomic mass is 10.1. The number of para-hydroxylation sites is 1. The van der Waals surface area contributed by atoms with Gasteiger partial charge in [-0.25, -0.2) is 4.98 Å². The van der Waals surface area contributed by atoms with Crippen molar-refractivity contribution in [3.63, 3.8) is 0 Å². The molecule has 5 nitrogen and oxygen atoms in total. The van der Waals surface area contributed by atoms with Crippen LogP contribution in [0.2, 0.25) is 0 Å². The van der Waals surface area contributed by atoms with E-state index in [1.807, 2.05) is 44.2 Å². The normalized spacial score (nSPS) is 10.2. The number of hydrogen-bond acceptors (Lipinski definition) is 5. The second-order valence-electron chi connectivity index (χ2n) is 6.16. The van der Waals surface area contributed by atoms with Crippen molar-refractivity contribution < 1.29 is 9.53 Å². The monoisotopic (exact) mass is 389 g/mol. The predicted octanol–water partition coefficient (Wildman–Crippen LogP) is 4.98. The molecule has 6 heteroatoms. The third-order valence-electron chi connectivity index (χ3n) is 4.10. The van der Waals surface area contributed by atoms with Crippen molar-refractivity contribution in [2.75, 3.05) is 12.4 Å². The maximum atomic E-state index is 12.7. The third kappa shape index (κ3) is 4.33. The van der Waals surface area contributed by atoms with Crippen molar-refractivity contribution in [1.82, 2.24) is 4.98 Å².